The number of likely N-dealkylation sites (tertiary alicyclic amines) is 1. The van der Waals surface area contributed by atoms with Gasteiger partial charge in [0.1, 0.15) is 5.75 Å². The SMILES string of the molecule is CCNC(=NCCCCN(C)C(C)C)N1CCC(c2ccc(OC)cc2)C1. The Balaban J connectivity index is 1.84. The van der Waals surface area contributed by atoms with Gasteiger partial charge in [-0.15, -0.1) is 0 Å². The van der Waals surface area contributed by atoms with Crippen LogP contribution >= 0.6 is 0 Å². The molecule has 152 valence electrons. The Morgan fingerprint density at radius 3 is 2.67 bits per heavy atom. The Morgan fingerprint density at radius 2 is 2.04 bits per heavy atom. The highest BCUT2D eigenvalue weighted by molar-refractivity contribution is 5.80. The lowest BCUT2D eigenvalue weighted by Gasteiger charge is -2.22. The minimum absolute atomic E-state index is 0.569. The second-order valence-electron chi connectivity index (χ2n) is 7.72. The number of hydrogen-bond donors (Lipinski definition) is 1. The van der Waals surface area contributed by atoms with Gasteiger partial charge in [-0.2, -0.15) is 0 Å². The normalized spacial score (nSPS) is 17.8. The first-order valence-electron chi connectivity index (χ1n) is 10.4. The summed E-state index contributed by atoms with van der Waals surface area (Å²) in [5.41, 5.74) is 1.39. The van der Waals surface area contributed by atoms with Crippen LogP contribution in [0.5, 0.6) is 5.75 Å². The van der Waals surface area contributed by atoms with Crippen LogP contribution in [0.25, 0.3) is 0 Å². The van der Waals surface area contributed by atoms with E-state index in [-0.39, 0.29) is 0 Å². The first kappa shape index (κ1) is 21.5. The van der Waals surface area contributed by atoms with Gasteiger partial charge in [-0.3, -0.25) is 4.99 Å². The van der Waals surface area contributed by atoms with Gasteiger partial charge >= 0.3 is 0 Å². The second kappa shape index (κ2) is 11.2. The summed E-state index contributed by atoms with van der Waals surface area (Å²) >= 11 is 0. The summed E-state index contributed by atoms with van der Waals surface area (Å²) in [5, 5.41) is 3.48. The molecule has 0 amide bonds. The summed E-state index contributed by atoms with van der Waals surface area (Å²) in [6.45, 7) is 11.7. The van der Waals surface area contributed by atoms with Gasteiger partial charge in [0, 0.05) is 38.1 Å². The van der Waals surface area contributed by atoms with Crippen molar-refractivity contribution in [2.75, 3.05) is 46.9 Å². The van der Waals surface area contributed by atoms with Crippen molar-refractivity contribution >= 4 is 5.96 Å². The maximum absolute atomic E-state index is 5.27. The Morgan fingerprint density at radius 1 is 1.30 bits per heavy atom. The quantitative estimate of drug-likeness (QED) is 0.407. The number of hydrogen-bond acceptors (Lipinski definition) is 3. The van der Waals surface area contributed by atoms with Gasteiger partial charge in [-0.25, -0.2) is 0 Å². The molecule has 1 N–H and O–H groups in total. The Bertz CT molecular complexity index is 570. The van der Waals surface area contributed by atoms with Crippen molar-refractivity contribution in [3.63, 3.8) is 0 Å². The summed E-state index contributed by atoms with van der Waals surface area (Å²) < 4.78 is 5.27. The van der Waals surface area contributed by atoms with E-state index in [2.05, 4.69) is 67.2 Å². The van der Waals surface area contributed by atoms with Gasteiger partial charge in [0.25, 0.3) is 0 Å². The number of nitrogens with one attached hydrogen (secondary N) is 1. The van der Waals surface area contributed by atoms with E-state index in [0.29, 0.717) is 12.0 Å². The van der Waals surface area contributed by atoms with Crippen molar-refractivity contribution in [2.45, 2.75) is 52.0 Å². The number of rotatable bonds is 9. The number of nitrogens with zero attached hydrogens (tertiary/aromatic N) is 3. The molecule has 0 radical (unpaired) electrons. The largest absolute Gasteiger partial charge is 0.497 e. The Kier molecular flexibility index (Phi) is 8.92. The number of guanidine groups is 1. The molecule has 1 aliphatic heterocycles. The van der Waals surface area contributed by atoms with Crippen LogP contribution < -0.4 is 10.1 Å². The van der Waals surface area contributed by atoms with Gasteiger partial charge in [0.2, 0.25) is 0 Å². The average Bonchev–Trinajstić information content (AvgIpc) is 3.16. The third-order valence-electron chi connectivity index (χ3n) is 5.47. The molecule has 1 aromatic carbocycles. The van der Waals surface area contributed by atoms with Crippen molar-refractivity contribution < 1.29 is 4.74 Å². The molecule has 0 bridgehead atoms. The molecule has 0 aliphatic carbocycles. The molecule has 1 unspecified atom stereocenters. The Labute approximate surface area is 165 Å². The third-order valence-corrected chi connectivity index (χ3v) is 5.47. The molecule has 1 atom stereocenters. The van der Waals surface area contributed by atoms with Crippen molar-refractivity contribution in [2.24, 2.45) is 4.99 Å². The fraction of sp³-hybridized carbons (Fsp3) is 0.682. The summed E-state index contributed by atoms with van der Waals surface area (Å²) in [6, 6.07) is 9.13. The van der Waals surface area contributed by atoms with E-state index in [9.17, 15) is 0 Å². The molecular formula is C22H38N4O. The van der Waals surface area contributed by atoms with Crippen LogP contribution in [-0.2, 0) is 0 Å². The monoisotopic (exact) mass is 374 g/mol. The van der Waals surface area contributed by atoms with Crippen LogP contribution in [0, 0.1) is 0 Å². The zero-order valence-corrected chi connectivity index (χ0v) is 17.9. The van der Waals surface area contributed by atoms with Gasteiger partial charge < -0.3 is 19.9 Å². The molecule has 0 saturated carbocycles. The van der Waals surface area contributed by atoms with E-state index >= 15 is 0 Å². The smallest absolute Gasteiger partial charge is 0.193 e. The fourth-order valence-corrected chi connectivity index (χ4v) is 3.44. The molecule has 1 aliphatic rings. The van der Waals surface area contributed by atoms with Gasteiger partial charge in [-0.1, -0.05) is 12.1 Å². The van der Waals surface area contributed by atoms with Gasteiger partial charge in [0.05, 0.1) is 7.11 Å². The molecule has 1 aromatic rings. The van der Waals surface area contributed by atoms with E-state index in [1.807, 2.05) is 0 Å². The number of ether oxygens (including phenoxy) is 1. The lowest BCUT2D eigenvalue weighted by Crippen LogP contribution is -2.40. The molecule has 0 spiro atoms. The van der Waals surface area contributed by atoms with Crippen molar-refractivity contribution in [3.05, 3.63) is 29.8 Å². The zero-order valence-electron chi connectivity index (χ0n) is 17.9. The van der Waals surface area contributed by atoms with Crippen molar-refractivity contribution in [1.29, 1.82) is 0 Å². The van der Waals surface area contributed by atoms with Crippen LogP contribution in [0.3, 0.4) is 0 Å². The molecule has 2 rings (SSSR count). The first-order valence-corrected chi connectivity index (χ1v) is 10.4. The highest BCUT2D eigenvalue weighted by Gasteiger charge is 2.26. The minimum Gasteiger partial charge on any atom is -0.497 e. The molecule has 1 fully saturated rings. The van der Waals surface area contributed by atoms with E-state index in [4.69, 9.17) is 9.73 Å². The third kappa shape index (κ3) is 6.73. The summed E-state index contributed by atoms with van der Waals surface area (Å²) in [6.07, 6.45) is 3.52. The number of aliphatic imine (C=N–C) groups is 1. The van der Waals surface area contributed by atoms with Crippen LogP contribution in [0.2, 0.25) is 0 Å². The minimum atomic E-state index is 0.569. The van der Waals surface area contributed by atoms with E-state index < -0.39 is 0 Å². The number of methoxy groups -OCH3 is 1. The highest BCUT2D eigenvalue weighted by atomic mass is 16.5. The molecule has 1 heterocycles. The van der Waals surface area contributed by atoms with Crippen molar-refractivity contribution in [1.82, 2.24) is 15.1 Å². The first-order chi connectivity index (χ1) is 13.0. The maximum Gasteiger partial charge on any atom is 0.193 e. The second-order valence-corrected chi connectivity index (χ2v) is 7.72. The number of benzene rings is 1. The zero-order chi connectivity index (χ0) is 19.6. The average molecular weight is 375 g/mol. The number of unbranched alkanes of at least 4 members (excludes halogenated alkanes) is 1. The summed E-state index contributed by atoms with van der Waals surface area (Å²) in [5.74, 6) is 2.57. The lowest BCUT2D eigenvalue weighted by molar-refractivity contribution is 0.269. The van der Waals surface area contributed by atoms with E-state index in [0.717, 1.165) is 50.9 Å². The summed E-state index contributed by atoms with van der Waals surface area (Å²) in [7, 11) is 3.91. The van der Waals surface area contributed by atoms with Crippen LogP contribution in [0.4, 0.5) is 0 Å². The Hall–Kier alpha value is -1.75. The molecular weight excluding hydrogens is 336 g/mol. The molecule has 5 heteroatoms. The van der Waals surface area contributed by atoms with E-state index in [1.165, 1.54) is 18.4 Å². The van der Waals surface area contributed by atoms with Crippen molar-refractivity contribution in [3.8, 4) is 5.75 Å². The highest BCUT2D eigenvalue weighted by Crippen LogP contribution is 2.28. The molecule has 1 saturated heterocycles. The maximum atomic E-state index is 5.27. The summed E-state index contributed by atoms with van der Waals surface area (Å²) in [4.78, 5) is 9.70. The van der Waals surface area contributed by atoms with Crippen LogP contribution in [-0.4, -0.2) is 68.7 Å². The van der Waals surface area contributed by atoms with E-state index in [1.54, 1.807) is 7.11 Å². The molecule has 27 heavy (non-hydrogen) atoms. The van der Waals surface area contributed by atoms with Gasteiger partial charge in [0.15, 0.2) is 5.96 Å². The predicted molar refractivity (Wildman–Crippen MR) is 115 cm³/mol. The standard InChI is InChI=1S/C22H38N4O/c1-6-23-22(24-14-7-8-15-25(4)18(2)3)26-16-13-20(17-26)19-9-11-21(27-5)12-10-19/h9-12,18,20H,6-8,13-17H2,1-5H3,(H,23,24). The van der Waals surface area contributed by atoms with Crippen LogP contribution in [0.15, 0.2) is 29.3 Å². The topological polar surface area (TPSA) is 40.1 Å². The predicted octanol–water partition coefficient (Wildman–Crippen LogP) is 3.57. The van der Waals surface area contributed by atoms with Gasteiger partial charge in [-0.05, 0) is 71.3 Å². The van der Waals surface area contributed by atoms with Crippen LogP contribution in [0.1, 0.15) is 51.5 Å². The molecule has 5 nitrogen and oxygen atoms in total. The molecule has 0 aromatic heterocycles. The fourth-order valence-electron chi connectivity index (χ4n) is 3.44. The lowest BCUT2D eigenvalue weighted by atomic mass is 9.98.